The first-order valence-corrected chi connectivity index (χ1v) is 4.63. The summed E-state index contributed by atoms with van der Waals surface area (Å²) in [6.45, 7) is 4.06. The highest BCUT2D eigenvalue weighted by molar-refractivity contribution is 5.67. The van der Waals surface area contributed by atoms with Gasteiger partial charge in [-0.3, -0.25) is 4.79 Å². The van der Waals surface area contributed by atoms with Crippen LogP contribution in [0.5, 0.6) is 0 Å². The van der Waals surface area contributed by atoms with E-state index in [-0.39, 0.29) is 25.1 Å². The van der Waals surface area contributed by atoms with E-state index in [0.717, 1.165) is 0 Å². The lowest BCUT2D eigenvalue weighted by Crippen LogP contribution is -2.44. The highest BCUT2D eigenvalue weighted by Crippen LogP contribution is 2.07. The summed E-state index contributed by atoms with van der Waals surface area (Å²) in [6, 6.07) is 0. The molecule has 1 atom stereocenters. The third-order valence-corrected chi connectivity index (χ3v) is 1.96. The van der Waals surface area contributed by atoms with Gasteiger partial charge >= 0.3 is 5.97 Å². The number of hydrogen-bond acceptors (Lipinski definition) is 4. The third-order valence-electron chi connectivity index (χ3n) is 1.96. The summed E-state index contributed by atoms with van der Waals surface area (Å²) in [5, 5.41) is 29.3. The average molecular weight is 205 g/mol. The lowest BCUT2D eigenvalue weighted by molar-refractivity contribution is -0.139. The molecule has 0 aliphatic heterocycles. The number of carboxylic acids is 1. The number of nitrogens with one attached hydrogen (secondary N) is 1. The normalized spacial score (nSPS) is 14.0. The topological polar surface area (TPSA) is 89.8 Å². The van der Waals surface area contributed by atoms with Crippen LogP contribution in [-0.4, -0.2) is 46.1 Å². The zero-order valence-corrected chi connectivity index (χ0v) is 8.66. The van der Waals surface area contributed by atoms with Crippen LogP contribution in [0.2, 0.25) is 0 Å². The summed E-state index contributed by atoms with van der Waals surface area (Å²) in [7, 11) is 0. The van der Waals surface area contributed by atoms with Crippen LogP contribution >= 0.6 is 0 Å². The van der Waals surface area contributed by atoms with Gasteiger partial charge in [-0.25, -0.2) is 0 Å². The van der Waals surface area contributed by atoms with Crippen LogP contribution in [0, 0.1) is 0 Å². The van der Waals surface area contributed by atoms with Crippen LogP contribution in [0.3, 0.4) is 0 Å². The van der Waals surface area contributed by atoms with Crippen molar-refractivity contribution in [3.8, 4) is 0 Å². The lowest BCUT2D eigenvalue weighted by Gasteiger charge is -2.26. The van der Waals surface area contributed by atoms with Crippen molar-refractivity contribution in [3.63, 3.8) is 0 Å². The predicted molar refractivity (Wildman–Crippen MR) is 52.0 cm³/mol. The molecule has 0 fully saturated rings. The Morgan fingerprint density at radius 2 is 2.07 bits per heavy atom. The molecular formula is C9H19NO4. The zero-order valence-electron chi connectivity index (χ0n) is 8.66. The number of carbonyl (C=O) groups is 1. The van der Waals surface area contributed by atoms with E-state index < -0.39 is 12.1 Å². The lowest BCUT2D eigenvalue weighted by atomic mass is 10.0. The van der Waals surface area contributed by atoms with Crippen LogP contribution in [-0.2, 0) is 4.79 Å². The third kappa shape index (κ3) is 6.82. The maximum Gasteiger partial charge on any atom is 0.306 e. The van der Waals surface area contributed by atoms with Crippen LogP contribution in [0.25, 0.3) is 0 Å². The molecule has 0 aromatic rings. The molecule has 0 heterocycles. The molecule has 0 saturated carbocycles. The molecule has 0 rings (SSSR count). The fraction of sp³-hybridized carbons (Fsp3) is 0.889. The molecule has 0 radical (unpaired) electrons. The first-order valence-electron chi connectivity index (χ1n) is 4.63. The van der Waals surface area contributed by atoms with Gasteiger partial charge in [0, 0.05) is 18.7 Å². The Kier molecular flexibility index (Phi) is 5.68. The molecule has 4 N–H and O–H groups in total. The van der Waals surface area contributed by atoms with E-state index in [1.807, 2.05) is 13.8 Å². The number of rotatable bonds is 7. The summed E-state index contributed by atoms with van der Waals surface area (Å²) in [6.07, 6.45) is -0.583. The van der Waals surface area contributed by atoms with Crippen molar-refractivity contribution in [3.05, 3.63) is 0 Å². The Bertz CT molecular complexity index is 182. The zero-order chi connectivity index (χ0) is 11.2. The summed E-state index contributed by atoms with van der Waals surface area (Å²) >= 11 is 0. The monoisotopic (exact) mass is 205 g/mol. The molecule has 0 spiro atoms. The van der Waals surface area contributed by atoms with Gasteiger partial charge in [0.2, 0.25) is 0 Å². The smallest absolute Gasteiger partial charge is 0.306 e. The van der Waals surface area contributed by atoms with Crippen molar-refractivity contribution in [1.82, 2.24) is 5.32 Å². The van der Waals surface area contributed by atoms with E-state index in [4.69, 9.17) is 10.2 Å². The maximum atomic E-state index is 10.2. The molecule has 0 aliphatic rings. The van der Waals surface area contributed by atoms with Crippen LogP contribution < -0.4 is 5.32 Å². The molecule has 0 aromatic heterocycles. The number of aliphatic carboxylic acids is 1. The molecule has 5 heteroatoms. The van der Waals surface area contributed by atoms with E-state index in [1.165, 1.54) is 0 Å². The van der Waals surface area contributed by atoms with Gasteiger partial charge in [0.15, 0.2) is 0 Å². The number of hydrogen-bond donors (Lipinski definition) is 4. The van der Waals surface area contributed by atoms with Crippen molar-refractivity contribution in [2.75, 3.05) is 13.2 Å². The SMILES string of the molecule is CC(C)(CCO)NCC(O)CC(=O)O. The standard InChI is InChI=1S/C9H19NO4/c1-9(2,3-4-11)10-6-7(12)5-8(13)14/h7,10-12H,3-6H2,1-2H3,(H,13,14). The average Bonchev–Trinajstić information content (AvgIpc) is 2.00. The van der Waals surface area contributed by atoms with Crippen LogP contribution in [0.1, 0.15) is 26.7 Å². The second-order valence-electron chi connectivity index (χ2n) is 3.99. The van der Waals surface area contributed by atoms with Crippen molar-refractivity contribution in [2.45, 2.75) is 38.3 Å². The minimum absolute atomic E-state index is 0.0645. The molecule has 5 nitrogen and oxygen atoms in total. The number of β-amino-alcohol motifs (C(OH)–C–C–N with tert-alkyl or cyclic N) is 1. The molecular weight excluding hydrogens is 186 g/mol. The molecule has 0 aliphatic carbocycles. The van der Waals surface area contributed by atoms with Gasteiger partial charge in [0.1, 0.15) is 0 Å². The maximum absolute atomic E-state index is 10.2. The summed E-state index contributed by atoms with van der Waals surface area (Å²) < 4.78 is 0. The predicted octanol–water partition coefficient (Wildman–Crippen LogP) is -0.427. The van der Waals surface area contributed by atoms with Crippen molar-refractivity contribution >= 4 is 5.97 Å². The molecule has 14 heavy (non-hydrogen) atoms. The minimum atomic E-state index is -1.01. The highest BCUT2D eigenvalue weighted by atomic mass is 16.4. The molecule has 1 unspecified atom stereocenters. The summed E-state index contributed by atoms with van der Waals surface area (Å²) in [4.78, 5) is 10.2. The fourth-order valence-electron chi connectivity index (χ4n) is 1.04. The fourth-order valence-corrected chi connectivity index (χ4v) is 1.04. The Labute approximate surface area is 83.8 Å². The van der Waals surface area contributed by atoms with E-state index in [0.29, 0.717) is 6.42 Å². The first kappa shape index (κ1) is 13.4. The number of aliphatic hydroxyl groups is 2. The van der Waals surface area contributed by atoms with E-state index in [9.17, 15) is 9.90 Å². The summed E-state index contributed by atoms with van der Waals surface area (Å²) in [5.41, 5.74) is -0.283. The van der Waals surface area contributed by atoms with E-state index in [1.54, 1.807) is 0 Å². The van der Waals surface area contributed by atoms with E-state index in [2.05, 4.69) is 5.32 Å². The molecule has 84 valence electrons. The van der Waals surface area contributed by atoms with Crippen molar-refractivity contribution in [2.24, 2.45) is 0 Å². The van der Waals surface area contributed by atoms with Crippen LogP contribution in [0.4, 0.5) is 0 Å². The molecule has 0 bridgehead atoms. The quantitative estimate of drug-likeness (QED) is 0.453. The largest absolute Gasteiger partial charge is 0.481 e. The van der Waals surface area contributed by atoms with Gasteiger partial charge in [-0.1, -0.05) is 0 Å². The van der Waals surface area contributed by atoms with Gasteiger partial charge in [-0.15, -0.1) is 0 Å². The van der Waals surface area contributed by atoms with Gasteiger partial charge in [-0.2, -0.15) is 0 Å². The van der Waals surface area contributed by atoms with E-state index >= 15 is 0 Å². The highest BCUT2D eigenvalue weighted by Gasteiger charge is 2.18. The second kappa shape index (κ2) is 5.95. The van der Waals surface area contributed by atoms with Gasteiger partial charge in [-0.05, 0) is 20.3 Å². The van der Waals surface area contributed by atoms with Crippen LogP contribution in [0.15, 0.2) is 0 Å². The molecule has 0 saturated heterocycles. The summed E-state index contributed by atoms with van der Waals surface area (Å²) in [5.74, 6) is -1.01. The molecule has 0 amide bonds. The van der Waals surface area contributed by atoms with Crippen molar-refractivity contribution in [1.29, 1.82) is 0 Å². The van der Waals surface area contributed by atoms with Gasteiger partial charge < -0.3 is 20.6 Å². The van der Waals surface area contributed by atoms with Gasteiger partial charge in [0.05, 0.1) is 12.5 Å². The van der Waals surface area contributed by atoms with Crippen molar-refractivity contribution < 1.29 is 20.1 Å². The Hall–Kier alpha value is -0.650. The Morgan fingerprint density at radius 1 is 1.50 bits per heavy atom. The Balaban J connectivity index is 3.75. The Morgan fingerprint density at radius 3 is 2.50 bits per heavy atom. The van der Waals surface area contributed by atoms with Gasteiger partial charge in [0.25, 0.3) is 0 Å². The first-order chi connectivity index (χ1) is 6.37. The minimum Gasteiger partial charge on any atom is -0.481 e. The molecule has 0 aromatic carbocycles. The number of carboxylic acid groups (broad SMARTS) is 1. The number of aliphatic hydroxyl groups excluding tert-OH is 2. The second-order valence-corrected chi connectivity index (χ2v) is 3.99.